The molecule has 0 fully saturated rings. The number of carbonyl (C=O) groups is 1. The van der Waals surface area contributed by atoms with E-state index in [9.17, 15) is 4.79 Å². The summed E-state index contributed by atoms with van der Waals surface area (Å²) >= 11 is 7.35. The van der Waals surface area contributed by atoms with E-state index in [1.165, 1.54) is 11.3 Å². The van der Waals surface area contributed by atoms with Gasteiger partial charge in [0.1, 0.15) is 0 Å². The topological polar surface area (TPSA) is 20.3 Å². The van der Waals surface area contributed by atoms with Crippen LogP contribution in [0.2, 0.25) is 4.34 Å². The van der Waals surface area contributed by atoms with Crippen LogP contribution in [0.4, 0.5) is 0 Å². The van der Waals surface area contributed by atoms with E-state index >= 15 is 0 Å². The summed E-state index contributed by atoms with van der Waals surface area (Å²) in [6.45, 7) is 5.30. The highest BCUT2D eigenvalue weighted by Gasteiger charge is 2.10. The molecule has 1 rings (SSSR count). The van der Waals surface area contributed by atoms with E-state index in [1.807, 2.05) is 30.9 Å². The van der Waals surface area contributed by atoms with Crippen LogP contribution in [0.5, 0.6) is 0 Å². The summed E-state index contributed by atoms with van der Waals surface area (Å²) < 4.78 is 0.778. The van der Waals surface area contributed by atoms with E-state index < -0.39 is 0 Å². The van der Waals surface area contributed by atoms with Crippen LogP contribution in [0.15, 0.2) is 12.1 Å². The van der Waals surface area contributed by atoms with E-state index in [4.69, 9.17) is 11.6 Å². The van der Waals surface area contributed by atoms with Crippen molar-refractivity contribution in [3.63, 3.8) is 0 Å². The minimum Gasteiger partial charge on any atom is -0.338 e. The summed E-state index contributed by atoms with van der Waals surface area (Å²) in [5, 5.41) is 0. The fourth-order valence-electron chi connectivity index (χ4n) is 1.22. The first-order valence-corrected chi connectivity index (χ1v) is 5.88. The lowest BCUT2D eigenvalue weighted by atomic mass is 10.3. The summed E-state index contributed by atoms with van der Waals surface area (Å²) in [5.41, 5.74) is 0. The highest BCUT2D eigenvalue weighted by atomic mass is 35.5. The zero-order valence-corrected chi connectivity index (χ0v) is 9.99. The van der Waals surface area contributed by atoms with Crippen molar-refractivity contribution in [1.82, 2.24) is 4.90 Å². The quantitative estimate of drug-likeness (QED) is 0.780. The molecule has 0 unspecified atom stereocenters. The smallest absolute Gasteiger partial charge is 0.222 e. The Balaban J connectivity index is 2.61. The largest absolute Gasteiger partial charge is 0.338 e. The molecule has 0 aromatic carbocycles. The zero-order valence-electron chi connectivity index (χ0n) is 8.42. The minimum absolute atomic E-state index is 0.192. The average molecular weight is 232 g/mol. The molecule has 0 atom stereocenters. The van der Waals surface area contributed by atoms with Crippen molar-refractivity contribution in [3.8, 4) is 0 Å². The van der Waals surface area contributed by atoms with Gasteiger partial charge in [-0.3, -0.25) is 4.79 Å². The van der Waals surface area contributed by atoms with Crippen molar-refractivity contribution in [2.45, 2.75) is 26.8 Å². The Morgan fingerprint density at radius 1 is 1.50 bits per heavy atom. The Morgan fingerprint density at radius 2 is 2.21 bits per heavy atom. The second-order valence-corrected chi connectivity index (χ2v) is 4.77. The predicted octanol–water partition coefficient (Wildman–Crippen LogP) is 3.16. The fraction of sp³-hybridized carbons (Fsp3) is 0.500. The van der Waals surface area contributed by atoms with Gasteiger partial charge in [-0.15, -0.1) is 11.3 Å². The van der Waals surface area contributed by atoms with Gasteiger partial charge in [0.15, 0.2) is 0 Å². The number of thiophene rings is 1. The number of hydrogen-bond donors (Lipinski definition) is 0. The van der Waals surface area contributed by atoms with E-state index in [1.54, 1.807) is 0 Å². The third kappa shape index (κ3) is 3.00. The lowest BCUT2D eigenvalue weighted by Gasteiger charge is -2.18. The van der Waals surface area contributed by atoms with Gasteiger partial charge >= 0.3 is 0 Å². The number of rotatable bonds is 4. The summed E-state index contributed by atoms with van der Waals surface area (Å²) in [4.78, 5) is 14.4. The number of carbonyl (C=O) groups excluding carboxylic acids is 1. The normalized spacial score (nSPS) is 10.2. The summed E-state index contributed by atoms with van der Waals surface area (Å²) in [6, 6.07) is 3.84. The van der Waals surface area contributed by atoms with Crippen LogP contribution in [-0.2, 0) is 11.3 Å². The van der Waals surface area contributed by atoms with E-state index in [2.05, 4.69) is 0 Å². The first-order valence-electron chi connectivity index (χ1n) is 4.69. The second-order valence-electron chi connectivity index (χ2n) is 2.97. The molecule has 0 saturated heterocycles. The monoisotopic (exact) mass is 231 g/mol. The molecule has 0 saturated carbocycles. The third-order valence-corrected chi connectivity index (χ3v) is 3.23. The van der Waals surface area contributed by atoms with Crippen molar-refractivity contribution < 1.29 is 4.79 Å². The van der Waals surface area contributed by atoms with Gasteiger partial charge < -0.3 is 4.90 Å². The summed E-state index contributed by atoms with van der Waals surface area (Å²) in [6.07, 6.45) is 0.562. The molecule has 14 heavy (non-hydrogen) atoms. The molecule has 0 N–H and O–H groups in total. The van der Waals surface area contributed by atoms with Crippen LogP contribution in [-0.4, -0.2) is 17.4 Å². The highest BCUT2D eigenvalue weighted by Crippen LogP contribution is 2.22. The lowest BCUT2D eigenvalue weighted by Crippen LogP contribution is -2.29. The van der Waals surface area contributed by atoms with Crippen molar-refractivity contribution in [2.24, 2.45) is 0 Å². The van der Waals surface area contributed by atoms with Crippen LogP contribution < -0.4 is 0 Å². The molecule has 0 aliphatic rings. The fourth-order valence-corrected chi connectivity index (χ4v) is 2.33. The Bertz CT molecular complexity index is 311. The molecule has 1 aromatic rings. The SMILES string of the molecule is CCC(=O)N(CC)Cc1ccc(Cl)s1. The van der Waals surface area contributed by atoms with Crippen LogP contribution in [0.25, 0.3) is 0 Å². The van der Waals surface area contributed by atoms with Gasteiger partial charge in [0, 0.05) is 17.8 Å². The first-order chi connectivity index (χ1) is 6.67. The molecule has 0 radical (unpaired) electrons. The molecule has 1 aromatic heterocycles. The molecule has 1 amide bonds. The van der Waals surface area contributed by atoms with Gasteiger partial charge in [-0.25, -0.2) is 0 Å². The van der Waals surface area contributed by atoms with Crippen LogP contribution >= 0.6 is 22.9 Å². The van der Waals surface area contributed by atoms with Crippen molar-refractivity contribution >= 4 is 28.8 Å². The van der Waals surface area contributed by atoms with Gasteiger partial charge in [-0.1, -0.05) is 18.5 Å². The zero-order chi connectivity index (χ0) is 10.6. The average Bonchev–Trinajstić information content (AvgIpc) is 2.59. The van der Waals surface area contributed by atoms with Gasteiger partial charge in [-0.05, 0) is 19.1 Å². The van der Waals surface area contributed by atoms with E-state index in [0.29, 0.717) is 13.0 Å². The molecular formula is C10H14ClNOS. The van der Waals surface area contributed by atoms with E-state index in [-0.39, 0.29) is 5.91 Å². The minimum atomic E-state index is 0.192. The summed E-state index contributed by atoms with van der Waals surface area (Å²) in [5.74, 6) is 0.192. The van der Waals surface area contributed by atoms with Crippen LogP contribution in [0.1, 0.15) is 25.1 Å². The Morgan fingerprint density at radius 3 is 2.64 bits per heavy atom. The van der Waals surface area contributed by atoms with Gasteiger partial charge in [0.2, 0.25) is 5.91 Å². The molecule has 4 heteroatoms. The molecule has 1 heterocycles. The maximum Gasteiger partial charge on any atom is 0.222 e. The standard InChI is InChI=1S/C10H14ClNOS/c1-3-10(13)12(4-2)7-8-5-6-9(11)14-8/h5-6H,3-4,7H2,1-2H3. The van der Waals surface area contributed by atoms with Gasteiger partial charge in [0.25, 0.3) is 0 Å². The number of amides is 1. The second kappa shape index (κ2) is 5.37. The molecule has 0 bridgehead atoms. The van der Waals surface area contributed by atoms with E-state index in [0.717, 1.165) is 15.8 Å². The van der Waals surface area contributed by atoms with Crippen molar-refractivity contribution in [2.75, 3.05) is 6.54 Å². The Hall–Kier alpha value is -0.540. The Labute approximate surface area is 93.5 Å². The molecule has 0 aliphatic heterocycles. The third-order valence-electron chi connectivity index (χ3n) is 2.01. The van der Waals surface area contributed by atoms with Crippen molar-refractivity contribution in [1.29, 1.82) is 0 Å². The maximum atomic E-state index is 11.5. The maximum absolute atomic E-state index is 11.5. The Kier molecular flexibility index (Phi) is 4.42. The van der Waals surface area contributed by atoms with Crippen LogP contribution in [0.3, 0.4) is 0 Å². The number of halogens is 1. The lowest BCUT2D eigenvalue weighted by molar-refractivity contribution is -0.131. The van der Waals surface area contributed by atoms with Gasteiger partial charge in [-0.2, -0.15) is 0 Å². The molecule has 0 aliphatic carbocycles. The summed E-state index contributed by atoms with van der Waals surface area (Å²) in [7, 11) is 0. The predicted molar refractivity (Wildman–Crippen MR) is 60.7 cm³/mol. The first kappa shape index (κ1) is 11.5. The highest BCUT2D eigenvalue weighted by molar-refractivity contribution is 7.16. The number of nitrogens with zero attached hydrogens (tertiary/aromatic N) is 1. The van der Waals surface area contributed by atoms with Crippen molar-refractivity contribution in [3.05, 3.63) is 21.3 Å². The molecule has 0 spiro atoms. The molecule has 78 valence electrons. The number of hydrogen-bond acceptors (Lipinski definition) is 2. The molecule has 2 nitrogen and oxygen atoms in total. The van der Waals surface area contributed by atoms with Crippen LogP contribution in [0, 0.1) is 0 Å². The van der Waals surface area contributed by atoms with Gasteiger partial charge in [0.05, 0.1) is 10.9 Å². The molecular weight excluding hydrogens is 218 g/mol.